The number of hydrogen-bond acceptors (Lipinski definition) is 3. The fraction of sp³-hybridized carbons (Fsp3) is 0.652. The second-order valence-corrected chi connectivity index (χ2v) is 8.81. The number of rotatable bonds is 4. The van der Waals surface area contributed by atoms with Gasteiger partial charge < -0.3 is 9.80 Å². The van der Waals surface area contributed by atoms with E-state index in [1.165, 1.54) is 18.4 Å². The van der Waals surface area contributed by atoms with Crippen LogP contribution in [0.2, 0.25) is 0 Å². The van der Waals surface area contributed by atoms with E-state index in [0.717, 1.165) is 45.6 Å². The molecule has 0 bridgehead atoms. The van der Waals surface area contributed by atoms with Crippen molar-refractivity contribution in [2.75, 3.05) is 39.8 Å². The van der Waals surface area contributed by atoms with E-state index in [0.29, 0.717) is 30.7 Å². The van der Waals surface area contributed by atoms with Gasteiger partial charge in [-0.2, -0.15) is 0 Å². The quantitative estimate of drug-likeness (QED) is 0.803. The van der Waals surface area contributed by atoms with E-state index in [9.17, 15) is 9.59 Å². The number of carbonyl (C=O) groups excluding carboxylic acids is 2. The zero-order valence-corrected chi connectivity index (χ0v) is 17.1. The topological polar surface area (TPSA) is 43.9 Å². The minimum Gasteiger partial charge on any atom is -0.343 e. The van der Waals surface area contributed by atoms with Crippen molar-refractivity contribution in [1.29, 1.82) is 0 Å². The summed E-state index contributed by atoms with van der Waals surface area (Å²) in [6, 6.07) is 11.1. The Morgan fingerprint density at radius 2 is 1.50 bits per heavy atom. The molecule has 0 saturated carbocycles. The molecular formula is C23H33N3O2. The Labute approximate surface area is 168 Å². The Balaban J connectivity index is 1.31. The van der Waals surface area contributed by atoms with Crippen molar-refractivity contribution >= 4 is 11.8 Å². The summed E-state index contributed by atoms with van der Waals surface area (Å²) in [6.07, 6.45) is 5.37. The second kappa shape index (κ2) is 8.64. The molecule has 1 aromatic rings. The van der Waals surface area contributed by atoms with Crippen LogP contribution in [0.15, 0.2) is 30.3 Å². The molecule has 152 valence electrons. The molecule has 3 saturated heterocycles. The van der Waals surface area contributed by atoms with Crippen LogP contribution < -0.4 is 0 Å². The molecule has 4 rings (SSSR count). The lowest BCUT2D eigenvalue weighted by Gasteiger charge is -2.27. The molecule has 5 heteroatoms. The first kappa shape index (κ1) is 19.4. The summed E-state index contributed by atoms with van der Waals surface area (Å²) < 4.78 is 0. The third-order valence-electron chi connectivity index (χ3n) is 6.90. The Kier molecular flexibility index (Phi) is 6.00. The molecule has 3 fully saturated rings. The molecule has 0 aliphatic carbocycles. The Morgan fingerprint density at radius 1 is 0.857 bits per heavy atom. The van der Waals surface area contributed by atoms with E-state index in [-0.39, 0.29) is 11.8 Å². The van der Waals surface area contributed by atoms with Crippen molar-refractivity contribution in [1.82, 2.24) is 14.7 Å². The largest absolute Gasteiger partial charge is 0.343 e. The smallest absolute Gasteiger partial charge is 0.223 e. The number of hydrogen-bond donors (Lipinski definition) is 0. The molecule has 3 aliphatic rings. The summed E-state index contributed by atoms with van der Waals surface area (Å²) in [4.78, 5) is 31.7. The van der Waals surface area contributed by atoms with Gasteiger partial charge in [0.05, 0.1) is 0 Å². The predicted molar refractivity (Wildman–Crippen MR) is 110 cm³/mol. The first-order chi connectivity index (χ1) is 13.6. The van der Waals surface area contributed by atoms with Crippen LogP contribution in [0.5, 0.6) is 0 Å². The van der Waals surface area contributed by atoms with Crippen LogP contribution in [-0.2, 0) is 9.59 Å². The summed E-state index contributed by atoms with van der Waals surface area (Å²) in [6.45, 7) is 4.44. The molecule has 28 heavy (non-hydrogen) atoms. The molecule has 0 unspecified atom stereocenters. The number of benzene rings is 1. The third kappa shape index (κ3) is 4.09. The van der Waals surface area contributed by atoms with Gasteiger partial charge in [-0.25, -0.2) is 0 Å². The number of carbonyl (C=O) groups is 2. The van der Waals surface area contributed by atoms with E-state index >= 15 is 0 Å². The van der Waals surface area contributed by atoms with Gasteiger partial charge in [0.15, 0.2) is 0 Å². The molecule has 1 aromatic carbocycles. The van der Waals surface area contributed by atoms with Gasteiger partial charge in [-0.1, -0.05) is 43.2 Å². The Hall–Kier alpha value is -1.88. The van der Waals surface area contributed by atoms with E-state index < -0.39 is 0 Å². The van der Waals surface area contributed by atoms with Crippen LogP contribution in [-0.4, -0.2) is 66.3 Å². The van der Waals surface area contributed by atoms with Gasteiger partial charge in [-0.3, -0.25) is 14.5 Å². The molecule has 3 atom stereocenters. The van der Waals surface area contributed by atoms with Gasteiger partial charge in [-0.05, 0) is 31.4 Å². The maximum absolute atomic E-state index is 12.8. The Morgan fingerprint density at radius 3 is 2.18 bits per heavy atom. The van der Waals surface area contributed by atoms with E-state index in [1.54, 1.807) is 0 Å². The summed E-state index contributed by atoms with van der Waals surface area (Å²) in [7, 11) is 2.20. The van der Waals surface area contributed by atoms with E-state index in [4.69, 9.17) is 0 Å². The standard InChI is InChI=1S/C23H33N3O2/c1-24-15-19-16-26(17-20(19)23(24)18-9-5-4-6-10-18)22(28)12-11-21(27)25-13-7-2-3-8-14-25/h4-6,9-10,19-20,23H,2-3,7-8,11-17H2,1H3/t19-,20+,23-/m0/s1. The highest BCUT2D eigenvalue weighted by molar-refractivity contribution is 5.84. The molecule has 0 spiro atoms. The first-order valence-electron chi connectivity index (χ1n) is 10.9. The summed E-state index contributed by atoms with van der Waals surface area (Å²) in [5.74, 6) is 1.36. The van der Waals surface area contributed by atoms with Crippen LogP contribution in [0.3, 0.4) is 0 Å². The molecule has 5 nitrogen and oxygen atoms in total. The van der Waals surface area contributed by atoms with Gasteiger partial charge in [0.2, 0.25) is 11.8 Å². The molecule has 3 aliphatic heterocycles. The van der Waals surface area contributed by atoms with Gasteiger partial charge in [0, 0.05) is 57.5 Å². The lowest BCUT2D eigenvalue weighted by atomic mass is 9.90. The summed E-state index contributed by atoms with van der Waals surface area (Å²) >= 11 is 0. The average Bonchev–Trinajstić information content (AvgIpc) is 3.09. The van der Waals surface area contributed by atoms with Gasteiger partial charge in [0.1, 0.15) is 0 Å². The minimum absolute atomic E-state index is 0.159. The minimum atomic E-state index is 0.159. The summed E-state index contributed by atoms with van der Waals surface area (Å²) in [5, 5.41) is 0. The second-order valence-electron chi connectivity index (χ2n) is 8.81. The van der Waals surface area contributed by atoms with E-state index in [2.05, 4.69) is 42.3 Å². The monoisotopic (exact) mass is 383 g/mol. The number of likely N-dealkylation sites (tertiary alicyclic amines) is 3. The SMILES string of the molecule is CN1C[C@H]2CN(C(=O)CCC(=O)N3CCCCCC3)C[C@H]2[C@@H]1c1ccccc1. The highest BCUT2D eigenvalue weighted by atomic mass is 16.2. The maximum Gasteiger partial charge on any atom is 0.223 e. The lowest BCUT2D eigenvalue weighted by molar-refractivity contribution is -0.136. The van der Waals surface area contributed by atoms with Gasteiger partial charge in [-0.15, -0.1) is 0 Å². The van der Waals surface area contributed by atoms with Crippen molar-refractivity contribution in [3.63, 3.8) is 0 Å². The van der Waals surface area contributed by atoms with Crippen LogP contribution >= 0.6 is 0 Å². The molecule has 0 N–H and O–H groups in total. The molecular weight excluding hydrogens is 350 g/mol. The van der Waals surface area contributed by atoms with Crippen LogP contribution in [0.4, 0.5) is 0 Å². The average molecular weight is 384 g/mol. The molecule has 3 heterocycles. The Bertz CT molecular complexity index is 684. The predicted octanol–water partition coefficient (Wildman–Crippen LogP) is 2.93. The van der Waals surface area contributed by atoms with Crippen molar-refractivity contribution < 1.29 is 9.59 Å². The maximum atomic E-state index is 12.8. The first-order valence-corrected chi connectivity index (χ1v) is 10.9. The van der Waals surface area contributed by atoms with Crippen LogP contribution in [0, 0.1) is 11.8 Å². The van der Waals surface area contributed by atoms with E-state index in [1.807, 2.05) is 9.80 Å². The highest BCUT2D eigenvalue weighted by Gasteiger charge is 2.47. The van der Waals surface area contributed by atoms with Crippen molar-refractivity contribution in [3.8, 4) is 0 Å². The van der Waals surface area contributed by atoms with Crippen LogP contribution in [0.25, 0.3) is 0 Å². The van der Waals surface area contributed by atoms with Gasteiger partial charge >= 0.3 is 0 Å². The zero-order valence-electron chi connectivity index (χ0n) is 17.1. The van der Waals surface area contributed by atoms with Crippen molar-refractivity contribution in [2.45, 2.75) is 44.6 Å². The normalized spacial score (nSPS) is 28.2. The number of fused-ring (bicyclic) bond motifs is 1. The highest BCUT2D eigenvalue weighted by Crippen LogP contribution is 2.44. The zero-order chi connectivity index (χ0) is 19.5. The molecule has 0 aromatic heterocycles. The number of amides is 2. The summed E-state index contributed by atoms with van der Waals surface area (Å²) in [5.41, 5.74) is 1.35. The fourth-order valence-corrected chi connectivity index (χ4v) is 5.46. The fourth-order valence-electron chi connectivity index (χ4n) is 5.46. The van der Waals surface area contributed by atoms with Gasteiger partial charge in [0.25, 0.3) is 0 Å². The molecule has 2 amide bonds. The third-order valence-corrected chi connectivity index (χ3v) is 6.90. The lowest BCUT2D eigenvalue weighted by Crippen LogP contribution is -2.35. The number of nitrogens with zero attached hydrogens (tertiary/aromatic N) is 3. The van der Waals surface area contributed by atoms with Crippen LogP contribution in [0.1, 0.15) is 50.1 Å². The van der Waals surface area contributed by atoms with Crippen molar-refractivity contribution in [3.05, 3.63) is 35.9 Å². The van der Waals surface area contributed by atoms with Crippen molar-refractivity contribution in [2.24, 2.45) is 11.8 Å². The molecule has 0 radical (unpaired) electrons.